The Bertz CT molecular complexity index is 562. The lowest BCUT2D eigenvalue weighted by atomic mass is 10.3. The van der Waals surface area contributed by atoms with Crippen molar-refractivity contribution >= 4 is 11.3 Å². The molecular formula is C13H19N3O2S. The van der Waals surface area contributed by atoms with E-state index in [0.717, 1.165) is 27.8 Å². The molecule has 0 aliphatic rings. The molecule has 0 saturated heterocycles. The monoisotopic (exact) mass is 281 g/mol. The van der Waals surface area contributed by atoms with Gasteiger partial charge < -0.3 is 9.47 Å². The van der Waals surface area contributed by atoms with Crippen molar-refractivity contribution in [3.63, 3.8) is 0 Å². The zero-order valence-electron chi connectivity index (χ0n) is 11.9. The molecule has 0 amide bonds. The topological polar surface area (TPSA) is 49.2 Å². The first-order valence-electron chi connectivity index (χ1n) is 6.13. The van der Waals surface area contributed by atoms with E-state index in [1.807, 2.05) is 37.9 Å². The van der Waals surface area contributed by atoms with E-state index >= 15 is 0 Å². The minimum absolute atomic E-state index is 0.0283. The number of hydrogen-bond acceptors (Lipinski definition) is 5. The Hall–Kier alpha value is -1.40. The number of aryl methyl sites for hydroxylation is 2. The molecule has 0 N–H and O–H groups in total. The Morgan fingerprint density at radius 2 is 2.16 bits per heavy atom. The van der Waals surface area contributed by atoms with Crippen LogP contribution in [0.5, 0.6) is 5.75 Å². The summed E-state index contributed by atoms with van der Waals surface area (Å²) >= 11 is 1.59. The van der Waals surface area contributed by atoms with Crippen LogP contribution in [0.3, 0.4) is 0 Å². The molecule has 0 spiro atoms. The predicted octanol–water partition coefficient (Wildman–Crippen LogP) is 2.78. The van der Waals surface area contributed by atoms with Crippen LogP contribution < -0.4 is 4.74 Å². The summed E-state index contributed by atoms with van der Waals surface area (Å²) in [5.41, 5.74) is 2.85. The van der Waals surface area contributed by atoms with E-state index in [4.69, 9.17) is 9.47 Å². The van der Waals surface area contributed by atoms with Gasteiger partial charge in [0.1, 0.15) is 23.4 Å². The van der Waals surface area contributed by atoms with Crippen LogP contribution >= 0.6 is 11.3 Å². The maximum Gasteiger partial charge on any atom is 0.163 e. The van der Waals surface area contributed by atoms with E-state index in [-0.39, 0.29) is 6.10 Å². The third kappa shape index (κ3) is 2.96. The maximum atomic E-state index is 5.82. The maximum absolute atomic E-state index is 5.82. The van der Waals surface area contributed by atoms with Gasteiger partial charge in [-0.1, -0.05) is 0 Å². The largest absolute Gasteiger partial charge is 0.483 e. The van der Waals surface area contributed by atoms with Crippen molar-refractivity contribution in [3.05, 3.63) is 27.5 Å². The SMILES string of the molecule is CO[C@@H](C)c1nc(COc2c(C)nn(C)c2C)cs1. The highest BCUT2D eigenvalue weighted by Gasteiger charge is 2.13. The lowest BCUT2D eigenvalue weighted by Crippen LogP contribution is -2.00. The first-order chi connectivity index (χ1) is 9.02. The molecule has 0 saturated carbocycles. The highest BCUT2D eigenvalue weighted by atomic mass is 32.1. The third-order valence-electron chi connectivity index (χ3n) is 3.08. The van der Waals surface area contributed by atoms with Gasteiger partial charge in [0.05, 0.1) is 11.4 Å². The van der Waals surface area contributed by atoms with Crippen molar-refractivity contribution in [2.45, 2.75) is 33.5 Å². The lowest BCUT2D eigenvalue weighted by Gasteiger charge is -2.05. The Morgan fingerprint density at radius 1 is 1.42 bits per heavy atom. The van der Waals surface area contributed by atoms with Crippen molar-refractivity contribution < 1.29 is 9.47 Å². The summed E-state index contributed by atoms with van der Waals surface area (Å²) in [4.78, 5) is 4.50. The summed E-state index contributed by atoms with van der Waals surface area (Å²) in [6.45, 7) is 6.38. The Morgan fingerprint density at radius 3 is 2.74 bits per heavy atom. The molecule has 2 heterocycles. The predicted molar refractivity (Wildman–Crippen MR) is 74.6 cm³/mol. The zero-order valence-corrected chi connectivity index (χ0v) is 12.7. The summed E-state index contributed by atoms with van der Waals surface area (Å²) < 4.78 is 12.9. The number of nitrogens with zero attached hydrogens (tertiary/aromatic N) is 3. The fraction of sp³-hybridized carbons (Fsp3) is 0.538. The number of ether oxygens (including phenoxy) is 2. The summed E-state index contributed by atoms with van der Waals surface area (Å²) in [5, 5.41) is 7.30. The first kappa shape index (κ1) is 14.0. The average Bonchev–Trinajstić information content (AvgIpc) is 2.94. The standard InChI is InChI=1S/C13H19N3O2S/c1-8-12(9(2)16(4)15-8)18-6-11-7-19-13(14-11)10(3)17-5/h7,10H,6H2,1-5H3/t10-/m0/s1. The normalized spacial score (nSPS) is 12.7. The van der Waals surface area contributed by atoms with E-state index in [1.54, 1.807) is 18.4 Å². The molecule has 2 aromatic heterocycles. The van der Waals surface area contributed by atoms with Gasteiger partial charge in [0.2, 0.25) is 0 Å². The molecule has 0 bridgehead atoms. The van der Waals surface area contributed by atoms with Gasteiger partial charge in [0.15, 0.2) is 5.75 Å². The second kappa shape index (κ2) is 5.71. The molecule has 104 valence electrons. The molecule has 6 heteroatoms. The van der Waals surface area contributed by atoms with E-state index in [0.29, 0.717) is 6.61 Å². The molecule has 19 heavy (non-hydrogen) atoms. The van der Waals surface area contributed by atoms with Crippen molar-refractivity contribution in [2.24, 2.45) is 7.05 Å². The second-order valence-electron chi connectivity index (χ2n) is 4.47. The third-order valence-corrected chi connectivity index (χ3v) is 4.13. The van der Waals surface area contributed by atoms with Gasteiger partial charge >= 0.3 is 0 Å². The molecule has 0 fully saturated rings. The van der Waals surface area contributed by atoms with Gasteiger partial charge in [-0.3, -0.25) is 4.68 Å². The van der Waals surface area contributed by atoms with Gasteiger partial charge in [-0.15, -0.1) is 11.3 Å². The summed E-state index contributed by atoms with van der Waals surface area (Å²) in [6.07, 6.45) is 0.0283. The van der Waals surface area contributed by atoms with E-state index < -0.39 is 0 Å². The van der Waals surface area contributed by atoms with E-state index in [1.165, 1.54) is 0 Å². The fourth-order valence-corrected chi connectivity index (χ4v) is 2.62. The minimum Gasteiger partial charge on any atom is -0.483 e. The van der Waals surface area contributed by atoms with Crippen molar-refractivity contribution in [3.8, 4) is 5.75 Å². The fourth-order valence-electron chi connectivity index (χ4n) is 1.79. The number of rotatable bonds is 5. The van der Waals surface area contributed by atoms with Gasteiger partial charge in [-0.05, 0) is 20.8 Å². The first-order valence-corrected chi connectivity index (χ1v) is 7.01. The van der Waals surface area contributed by atoms with Gasteiger partial charge in [0.25, 0.3) is 0 Å². The molecule has 0 aliphatic heterocycles. The average molecular weight is 281 g/mol. The zero-order chi connectivity index (χ0) is 14.0. The number of aromatic nitrogens is 3. The second-order valence-corrected chi connectivity index (χ2v) is 5.36. The number of hydrogen-bond donors (Lipinski definition) is 0. The van der Waals surface area contributed by atoms with Gasteiger partial charge in [-0.2, -0.15) is 5.10 Å². The quantitative estimate of drug-likeness (QED) is 0.845. The Labute approximate surface area is 117 Å². The van der Waals surface area contributed by atoms with E-state index in [9.17, 15) is 0 Å². The molecule has 0 radical (unpaired) electrons. The van der Waals surface area contributed by atoms with E-state index in [2.05, 4.69) is 10.1 Å². The van der Waals surface area contributed by atoms with Crippen LogP contribution in [0.25, 0.3) is 0 Å². The summed E-state index contributed by atoms with van der Waals surface area (Å²) in [5.74, 6) is 0.844. The summed E-state index contributed by atoms with van der Waals surface area (Å²) in [6, 6.07) is 0. The molecule has 2 rings (SSSR count). The van der Waals surface area contributed by atoms with Crippen molar-refractivity contribution in [2.75, 3.05) is 7.11 Å². The van der Waals surface area contributed by atoms with Gasteiger partial charge in [-0.25, -0.2) is 4.98 Å². The van der Waals surface area contributed by atoms with Crippen LogP contribution in [-0.4, -0.2) is 21.9 Å². The highest BCUT2D eigenvalue weighted by molar-refractivity contribution is 7.09. The Kier molecular flexibility index (Phi) is 4.21. The molecule has 5 nitrogen and oxygen atoms in total. The van der Waals surface area contributed by atoms with Crippen LogP contribution in [0.4, 0.5) is 0 Å². The highest BCUT2D eigenvalue weighted by Crippen LogP contribution is 2.24. The molecule has 1 atom stereocenters. The van der Waals surface area contributed by atoms with Gasteiger partial charge in [0, 0.05) is 19.5 Å². The summed E-state index contributed by atoms with van der Waals surface area (Å²) in [7, 11) is 3.60. The van der Waals surface area contributed by atoms with Crippen LogP contribution in [0.1, 0.15) is 35.1 Å². The van der Waals surface area contributed by atoms with Crippen LogP contribution in [0.15, 0.2) is 5.38 Å². The number of methoxy groups -OCH3 is 1. The van der Waals surface area contributed by atoms with Crippen LogP contribution in [-0.2, 0) is 18.4 Å². The molecular weight excluding hydrogens is 262 g/mol. The lowest BCUT2D eigenvalue weighted by molar-refractivity contribution is 0.119. The van der Waals surface area contributed by atoms with Crippen molar-refractivity contribution in [1.82, 2.24) is 14.8 Å². The van der Waals surface area contributed by atoms with Crippen molar-refractivity contribution in [1.29, 1.82) is 0 Å². The minimum atomic E-state index is 0.0283. The number of thiazole rings is 1. The molecule has 2 aromatic rings. The Balaban J connectivity index is 2.04. The molecule has 0 unspecified atom stereocenters. The smallest absolute Gasteiger partial charge is 0.163 e. The van der Waals surface area contributed by atoms with Crippen LogP contribution in [0, 0.1) is 13.8 Å². The molecule has 0 aliphatic carbocycles. The molecule has 0 aromatic carbocycles. The van der Waals surface area contributed by atoms with Crippen LogP contribution in [0.2, 0.25) is 0 Å².